The highest BCUT2D eigenvalue weighted by Crippen LogP contribution is 2.42. The van der Waals surface area contributed by atoms with Gasteiger partial charge in [-0.05, 0) is 47.7 Å². The minimum Gasteiger partial charge on any atom is -0.507 e. The van der Waals surface area contributed by atoms with Crippen LogP contribution in [0.2, 0.25) is 0 Å². The molecule has 1 heterocycles. The number of aliphatic hydroxyl groups is 1. The molecule has 0 saturated carbocycles. The summed E-state index contributed by atoms with van der Waals surface area (Å²) in [5.74, 6) is -0.923. The van der Waals surface area contributed by atoms with E-state index in [2.05, 4.69) is 20.8 Å². The van der Waals surface area contributed by atoms with Crippen LogP contribution in [0.15, 0.2) is 78.4 Å². The third-order valence-corrected chi connectivity index (χ3v) is 6.21. The molecule has 3 aromatic rings. The lowest BCUT2D eigenvalue weighted by Gasteiger charge is -2.26. The predicted octanol–water partition coefficient (Wildman–Crippen LogP) is 5.93. The molecule has 174 valence electrons. The van der Waals surface area contributed by atoms with E-state index in [1.165, 1.54) is 4.90 Å². The van der Waals surface area contributed by atoms with Crippen LogP contribution in [0, 0.1) is 6.92 Å². The summed E-state index contributed by atoms with van der Waals surface area (Å²) in [6, 6.07) is 21.3. The molecule has 5 heteroatoms. The number of hydrogen-bond acceptors (Lipinski definition) is 4. The average Bonchev–Trinajstić information content (AvgIpc) is 3.09. The third kappa shape index (κ3) is 4.21. The molecule has 3 aromatic carbocycles. The molecule has 4 rings (SSSR count). The fraction of sp³-hybridized carbons (Fsp3) is 0.241. The molecule has 1 saturated heterocycles. The van der Waals surface area contributed by atoms with Gasteiger partial charge < -0.3 is 9.84 Å². The number of amides is 1. The van der Waals surface area contributed by atoms with Crippen molar-refractivity contribution in [2.24, 2.45) is 0 Å². The highest BCUT2D eigenvalue weighted by molar-refractivity contribution is 6.51. The molecule has 1 aliphatic heterocycles. The number of anilines is 1. The minimum absolute atomic E-state index is 0.0434. The normalized spacial score (nSPS) is 17.8. The summed E-state index contributed by atoms with van der Waals surface area (Å²) < 4.78 is 5.24. The van der Waals surface area contributed by atoms with Gasteiger partial charge in [0.2, 0.25) is 0 Å². The fourth-order valence-corrected chi connectivity index (χ4v) is 4.19. The van der Waals surface area contributed by atoms with Crippen LogP contribution in [0.5, 0.6) is 5.75 Å². The summed E-state index contributed by atoms with van der Waals surface area (Å²) in [6.07, 6.45) is 0. The zero-order chi connectivity index (χ0) is 24.6. The highest BCUT2D eigenvalue weighted by Gasteiger charge is 2.47. The van der Waals surface area contributed by atoms with E-state index < -0.39 is 17.7 Å². The number of benzene rings is 3. The van der Waals surface area contributed by atoms with Gasteiger partial charge in [-0.25, -0.2) is 0 Å². The van der Waals surface area contributed by atoms with Gasteiger partial charge in [-0.15, -0.1) is 0 Å². The van der Waals surface area contributed by atoms with Crippen molar-refractivity contribution in [3.8, 4) is 5.75 Å². The molecule has 0 bridgehead atoms. The highest BCUT2D eigenvalue weighted by atomic mass is 16.5. The Labute approximate surface area is 200 Å². The lowest BCUT2D eigenvalue weighted by Crippen LogP contribution is -2.29. The van der Waals surface area contributed by atoms with Crippen LogP contribution >= 0.6 is 0 Å². The van der Waals surface area contributed by atoms with Gasteiger partial charge in [0.05, 0.1) is 18.7 Å². The molecule has 5 nitrogen and oxygen atoms in total. The maximum absolute atomic E-state index is 13.3. The van der Waals surface area contributed by atoms with E-state index in [4.69, 9.17) is 4.74 Å². The molecule has 1 aliphatic rings. The van der Waals surface area contributed by atoms with E-state index in [-0.39, 0.29) is 16.7 Å². The first-order chi connectivity index (χ1) is 16.1. The van der Waals surface area contributed by atoms with E-state index in [0.29, 0.717) is 17.0 Å². The second-order valence-electron chi connectivity index (χ2n) is 9.61. The number of carbonyl (C=O) groups is 2. The zero-order valence-corrected chi connectivity index (χ0v) is 20.1. The van der Waals surface area contributed by atoms with E-state index in [1.54, 1.807) is 43.5 Å². The van der Waals surface area contributed by atoms with Gasteiger partial charge in [0, 0.05) is 11.3 Å². The summed E-state index contributed by atoms with van der Waals surface area (Å²) in [4.78, 5) is 28.0. The van der Waals surface area contributed by atoms with Crippen molar-refractivity contribution < 1.29 is 19.4 Å². The smallest absolute Gasteiger partial charge is 0.300 e. The number of aryl methyl sites for hydroxylation is 1. The SMILES string of the molecule is COc1ccc(N2C(=O)C(=O)/C(=C(\O)c3ccc(C)cc3)C2c2ccc(C(C)(C)C)cc2)cc1. The number of hydrogen-bond donors (Lipinski definition) is 1. The Morgan fingerprint density at radius 2 is 1.47 bits per heavy atom. The molecule has 1 atom stereocenters. The van der Waals surface area contributed by atoms with Gasteiger partial charge in [-0.3, -0.25) is 14.5 Å². The largest absolute Gasteiger partial charge is 0.507 e. The molecule has 1 N–H and O–H groups in total. The van der Waals surface area contributed by atoms with Crippen LogP contribution in [-0.4, -0.2) is 23.9 Å². The Morgan fingerprint density at radius 1 is 0.882 bits per heavy atom. The van der Waals surface area contributed by atoms with Crippen LogP contribution < -0.4 is 9.64 Å². The van der Waals surface area contributed by atoms with Crippen LogP contribution in [0.25, 0.3) is 5.76 Å². The second kappa shape index (κ2) is 8.82. The number of methoxy groups -OCH3 is 1. The molecule has 0 aliphatic carbocycles. The molecule has 1 fully saturated rings. The fourth-order valence-electron chi connectivity index (χ4n) is 4.19. The van der Waals surface area contributed by atoms with Gasteiger partial charge in [0.25, 0.3) is 11.7 Å². The van der Waals surface area contributed by atoms with E-state index in [0.717, 1.165) is 16.7 Å². The molecule has 1 amide bonds. The van der Waals surface area contributed by atoms with Gasteiger partial charge in [-0.2, -0.15) is 0 Å². The first kappa shape index (κ1) is 23.3. The molecule has 34 heavy (non-hydrogen) atoms. The van der Waals surface area contributed by atoms with Gasteiger partial charge in [-0.1, -0.05) is 74.9 Å². The standard InChI is InChI=1S/C29H29NO4/c1-18-6-8-20(9-7-18)26(31)24-25(19-10-12-21(13-11-19)29(2,3)4)30(28(33)27(24)32)22-14-16-23(34-5)17-15-22/h6-17,25,31H,1-5H3/b26-24-. The van der Waals surface area contributed by atoms with E-state index >= 15 is 0 Å². The third-order valence-electron chi connectivity index (χ3n) is 6.21. The number of ketones is 1. The van der Waals surface area contributed by atoms with Crippen LogP contribution in [0.4, 0.5) is 5.69 Å². The number of nitrogens with zero attached hydrogens (tertiary/aromatic N) is 1. The molecular weight excluding hydrogens is 426 g/mol. The predicted molar refractivity (Wildman–Crippen MR) is 134 cm³/mol. The van der Waals surface area contributed by atoms with Crippen molar-refractivity contribution in [1.29, 1.82) is 0 Å². The average molecular weight is 456 g/mol. The Bertz CT molecular complexity index is 1250. The van der Waals surface area contributed by atoms with Gasteiger partial charge in [0.15, 0.2) is 0 Å². The van der Waals surface area contributed by atoms with Crippen LogP contribution in [0.3, 0.4) is 0 Å². The van der Waals surface area contributed by atoms with Crippen molar-refractivity contribution in [1.82, 2.24) is 0 Å². The Morgan fingerprint density at radius 3 is 2.00 bits per heavy atom. The quantitative estimate of drug-likeness (QED) is 0.301. The lowest BCUT2D eigenvalue weighted by atomic mass is 9.85. The Hall–Kier alpha value is -3.86. The lowest BCUT2D eigenvalue weighted by molar-refractivity contribution is -0.132. The van der Waals surface area contributed by atoms with Gasteiger partial charge >= 0.3 is 0 Å². The Balaban J connectivity index is 1.90. The maximum atomic E-state index is 13.3. The van der Waals surface area contributed by atoms with E-state index in [1.807, 2.05) is 43.3 Å². The van der Waals surface area contributed by atoms with Crippen molar-refractivity contribution in [3.63, 3.8) is 0 Å². The number of Topliss-reactive ketones (excluding diaryl/α,β-unsaturated/α-hetero) is 1. The van der Waals surface area contributed by atoms with Crippen LogP contribution in [0.1, 0.15) is 49.1 Å². The Kier molecular flexibility index (Phi) is 6.05. The minimum atomic E-state index is -0.760. The second-order valence-corrected chi connectivity index (χ2v) is 9.61. The summed E-state index contributed by atoms with van der Waals surface area (Å²) in [5.41, 5.74) is 3.99. The summed E-state index contributed by atoms with van der Waals surface area (Å²) in [7, 11) is 1.57. The summed E-state index contributed by atoms with van der Waals surface area (Å²) in [6.45, 7) is 8.33. The van der Waals surface area contributed by atoms with Crippen molar-refractivity contribution in [2.45, 2.75) is 39.2 Å². The van der Waals surface area contributed by atoms with Gasteiger partial charge in [0.1, 0.15) is 11.5 Å². The molecular formula is C29H29NO4. The molecule has 1 unspecified atom stereocenters. The number of carbonyl (C=O) groups excluding carboxylic acids is 2. The molecule has 0 aromatic heterocycles. The topological polar surface area (TPSA) is 66.8 Å². The van der Waals surface area contributed by atoms with Crippen LogP contribution in [-0.2, 0) is 15.0 Å². The van der Waals surface area contributed by atoms with Crippen molar-refractivity contribution in [3.05, 3.63) is 101 Å². The van der Waals surface area contributed by atoms with Crippen molar-refractivity contribution >= 4 is 23.1 Å². The van der Waals surface area contributed by atoms with Crippen molar-refractivity contribution in [2.75, 3.05) is 12.0 Å². The monoisotopic (exact) mass is 455 g/mol. The van der Waals surface area contributed by atoms with E-state index in [9.17, 15) is 14.7 Å². The molecule has 0 spiro atoms. The number of rotatable bonds is 4. The summed E-state index contributed by atoms with van der Waals surface area (Å²) >= 11 is 0. The zero-order valence-electron chi connectivity index (χ0n) is 20.1. The molecule has 0 radical (unpaired) electrons. The number of aliphatic hydroxyl groups excluding tert-OH is 1. The number of ether oxygens (including phenoxy) is 1. The summed E-state index contributed by atoms with van der Waals surface area (Å²) in [5, 5.41) is 11.2. The maximum Gasteiger partial charge on any atom is 0.300 e. The first-order valence-electron chi connectivity index (χ1n) is 11.2. The first-order valence-corrected chi connectivity index (χ1v) is 11.2.